The highest BCUT2D eigenvalue weighted by atomic mass is 31.2. The van der Waals surface area contributed by atoms with Gasteiger partial charge in [-0.1, -0.05) is 153 Å². The van der Waals surface area contributed by atoms with E-state index < -0.39 is 44.7 Å². The normalized spacial score (nSPS) is 14.4. The summed E-state index contributed by atoms with van der Waals surface area (Å²) in [5.41, 5.74) is 0. The van der Waals surface area contributed by atoms with Crippen LogP contribution in [0.2, 0.25) is 0 Å². The van der Waals surface area contributed by atoms with Gasteiger partial charge in [-0.15, -0.1) is 0 Å². The van der Waals surface area contributed by atoms with Gasteiger partial charge in [0.2, 0.25) is 0 Å². The maximum atomic E-state index is 12.4. The van der Waals surface area contributed by atoms with Crippen LogP contribution < -0.4 is 0 Å². The Morgan fingerprint density at radius 2 is 1.14 bits per heavy atom. The van der Waals surface area contributed by atoms with Gasteiger partial charge in [-0.3, -0.25) is 14.1 Å². The summed E-state index contributed by atoms with van der Waals surface area (Å²) in [5, 5.41) is 20.0. The van der Waals surface area contributed by atoms with Crippen molar-refractivity contribution in [2.24, 2.45) is 5.92 Å². The standard InChI is InChI=1S/C39H69O10P/c1-4-5-19-26-35(40)27-21-16-12-10-13-17-22-28-36(41)29-24-31-38(42)47-32-37(33-48-50(44,45)46)49-39(43)30-23-18-14-9-7-6-8-11-15-20-25-34(2)3/h12-13,16-17,21-22,27-28,34-37,40-41H,4-11,14-15,18-20,23-26,29-33H2,1-3H3,(H2,44,45,46)/b16-12-,17-13-,27-21+,28-22+/t35-,36-,37+/m0/s1. The van der Waals surface area contributed by atoms with Crippen LogP contribution in [0, 0.1) is 5.92 Å². The molecule has 0 aliphatic rings. The second-order valence-corrected chi connectivity index (χ2v) is 14.7. The van der Waals surface area contributed by atoms with E-state index >= 15 is 0 Å². The number of phosphoric ester groups is 1. The first-order chi connectivity index (χ1) is 23.9. The van der Waals surface area contributed by atoms with Crippen LogP contribution in [-0.2, 0) is 28.2 Å². The highest BCUT2D eigenvalue weighted by molar-refractivity contribution is 7.46. The van der Waals surface area contributed by atoms with Crippen molar-refractivity contribution in [3.63, 3.8) is 0 Å². The third-order valence-corrected chi connectivity index (χ3v) is 8.47. The smallest absolute Gasteiger partial charge is 0.462 e. The van der Waals surface area contributed by atoms with E-state index in [1.807, 2.05) is 30.4 Å². The van der Waals surface area contributed by atoms with E-state index in [4.69, 9.17) is 19.3 Å². The van der Waals surface area contributed by atoms with Gasteiger partial charge in [-0.2, -0.15) is 0 Å². The minimum absolute atomic E-state index is 0.0184. The molecule has 0 saturated carbocycles. The summed E-state index contributed by atoms with van der Waals surface area (Å²) in [6.07, 6.45) is 30.6. The molecular weight excluding hydrogens is 659 g/mol. The molecule has 0 rings (SSSR count). The number of hydrogen-bond donors (Lipinski definition) is 4. The zero-order valence-corrected chi connectivity index (χ0v) is 32.1. The second-order valence-electron chi connectivity index (χ2n) is 13.4. The number of rotatable bonds is 33. The number of esters is 2. The van der Waals surface area contributed by atoms with Gasteiger partial charge >= 0.3 is 19.8 Å². The maximum Gasteiger partial charge on any atom is 0.469 e. The predicted octanol–water partition coefficient (Wildman–Crippen LogP) is 8.98. The summed E-state index contributed by atoms with van der Waals surface area (Å²) >= 11 is 0. The molecule has 0 aromatic carbocycles. The van der Waals surface area contributed by atoms with Crippen molar-refractivity contribution in [2.75, 3.05) is 13.2 Å². The number of ether oxygens (including phenoxy) is 2. The highest BCUT2D eigenvalue weighted by Crippen LogP contribution is 2.36. The van der Waals surface area contributed by atoms with Gasteiger partial charge < -0.3 is 29.5 Å². The minimum atomic E-state index is -4.80. The lowest BCUT2D eigenvalue weighted by atomic mass is 10.0. The van der Waals surface area contributed by atoms with E-state index in [2.05, 4.69) is 25.3 Å². The van der Waals surface area contributed by atoms with E-state index in [0.717, 1.165) is 50.9 Å². The molecule has 4 N–H and O–H groups in total. The molecule has 0 aromatic rings. The van der Waals surface area contributed by atoms with Crippen LogP contribution in [-0.4, -0.2) is 63.5 Å². The van der Waals surface area contributed by atoms with Gasteiger partial charge in [0.05, 0.1) is 18.8 Å². The molecule has 0 bridgehead atoms. The summed E-state index contributed by atoms with van der Waals surface area (Å²) in [4.78, 5) is 42.7. The Morgan fingerprint density at radius 1 is 0.640 bits per heavy atom. The maximum absolute atomic E-state index is 12.4. The SMILES string of the molecule is CCCCC[C@H](O)/C=C/C=C\C/C=C\C=C\[C@H](O)CCCC(=O)OC[C@H](COP(=O)(O)O)OC(=O)CCCCCCCCCCCCC(C)C. The first-order valence-corrected chi connectivity index (χ1v) is 20.5. The second kappa shape index (κ2) is 32.8. The molecule has 50 heavy (non-hydrogen) atoms. The van der Waals surface area contributed by atoms with Gasteiger partial charge in [0.15, 0.2) is 6.10 Å². The number of phosphoric acid groups is 1. The van der Waals surface area contributed by atoms with Crippen LogP contribution in [0.5, 0.6) is 0 Å². The lowest BCUT2D eigenvalue weighted by molar-refractivity contribution is -0.161. The van der Waals surface area contributed by atoms with Crippen molar-refractivity contribution in [3.8, 4) is 0 Å². The van der Waals surface area contributed by atoms with Gasteiger partial charge in [0, 0.05) is 12.8 Å². The zero-order valence-electron chi connectivity index (χ0n) is 31.2. The van der Waals surface area contributed by atoms with E-state index in [-0.39, 0.29) is 19.4 Å². The van der Waals surface area contributed by atoms with Crippen molar-refractivity contribution in [2.45, 2.75) is 167 Å². The summed E-state index contributed by atoms with van der Waals surface area (Å²) in [6, 6.07) is 0. The monoisotopic (exact) mass is 728 g/mol. The molecule has 0 spiro atoms. The number of unbranched alkanes of at least 4 members (excludes halogenated alkanes) is 11. The van der Waals surface area contributed by atoms with Crippen molar-refractivity contribution in [1.82, 2.24) is 0 Å². The Bertz CT molecular complexity index is 1000. The van der Waals surface area contributed by atoms with Crippen LogP contribution in [0.1, 0.15) is 149 Å². The topological polar surface area (TPSA) is 160 Å². The van der Waals surface area contributed by atoms with Gasteiger partial charge in [0.1, 0.15) is 6.61 Å². The van der Waals surface area contributed by atoms with Crippen LogP contribution in [0.4, 0.5) is 0 Å². The molecule has 11 heteroatoms. The summed E-state index contributed by atoms with van der Waals surface area (Å²) in [5.74, 6) is -0.335. The number of carbonyl (C=O) groups is 2. The third kappa shape index (κ3) is 35.7. The molecule has 0 aromatic heterocycles. The first kappa shape index (κ1) is 47.9. The zero-order chi connectivity index (χ0) is 37.3. The first-order valence-electron chi connectivity index (χ1n) is 19.0. The fourth-order valence-corrected chi connectivity index (χ4v) is 5.42. The molecule has 0 unspecified atom stereocenters. The third-order valence-electron chi connectivity index (χ3n) is 7.99. The number of carbonyl (C=O) groups excluding carboxylic acids is 2. The lowest BCUT2D eigenvalue weighted by Crippen LogP contribution is -2.29. The average molecular weight is 729 g/mol. The Balaban J connectivity index is 4.23. The van der Waals surface area contributed by atoms with E-state index in [9.17, 15) is 24.4 Å². The molecule has 0 saturated heterocycles. The number of allylic oxidation sites excluding steroid dienone is 6. The van der Waals surface area contributed by atoms with Gasteiger partial charge in [-0.25, -0.2) is 4.57 Å². The molecule has 0 amide bonds. The Kier molecular flexibility index (Phi) is 31.5. The van der Waals surface area contributed by atoms with Crippen molar-refractivity contribution < 1.29 is 48.2 Å². The lowest BCUT2D eigenvalue weighted by Gasteiger charge is -2.18. The summed E-state index contributed by atoms with van der Waals surface area (Å²) < 4.78 is 26.2. The molecule has 3 atom stereocenters. The molecule has 0 radical (unpaired) electrons. The minimum Gasteiger partial charge on any atom is -0.462 e. The number of hydrogen-bond acceptors (Lipinski definition) is 8. The Hall–Kier alpha value is -2.07. The molecule has 0 heterocycles. The molecule has 0 aliphatic carbocycles. The Labute approximate surface area is 302 Å². The largest absolute Gasteiger partial charge is 0.469 e. The van der Waals surface area contributed by atoms with E-state index in [1.54, 1.807) is 18.2 Å². The number of aliphatic hydroxyl groups is 2. The fourth-order valence-electron chi connectivity index (χ4n) is 5.06. The van der Waals surface area contributed by atoms with Crippen LogP contribution >= 0.6 is 7.82 Å². The average Bonchev–Trinajstić information content (AvgIpc) is 3.05. The quantitative estimate of drug-likeness (QED) is 0.0222. The molecular formula is C39H69O10P. The Morgan fingerprint density at radius 3 is 1.68 bits per heavy atom. The fraction of sp³-hybridized carbons (Fsp3) is 0.744. The molecule has 0 aliphatic heterocycles. The summed E-state index contributed by atoms with van der Waals surface area (Å²) in [6.45, 7) is 5.67. The molecule has 0 fully saturated rings. The summed E-state index contributed by atoms with van der Waals surface area (Å²) in [7, 11) is -4.80. The van der Waals surface area contributed by atoms with Crippen molar-refractivity contribution in [1.29, 1.82) is 0 Å². The van der Waals surface area contributed by atoms with Crippen molar-refractivity contribution >= 4 is 19.8 Å². The molecule has 290 valence electrons. The van der Waals surface area contributed by atoms with E-state index in [0.29, 0.717) is 25.7 Å². The van der Waals surface area contributed by atoms with Crippen LogP contribution in [0.3, 0.4) is 0 Å². The molecule has 10 nitrogen and oxygen atoms in total. The van der Waals surface area contributed by atoms with Gasteiger partial charge in [-0.05, 0) is 38.0 Å². The predicted molar refractivity (Wildman–Crippen MR) is 200 cm³/mol. The van der Waals surface area contributed by atoms with Crippen molar-refractivity contribution in [3.05, 3.63) is 48.6 Å². The number of aliphatic hydroxyl groups excluding tert-OH is 2. The van der Waals surface area contributed by atoms with Gasteiger partial charge in [0.25, 0.3) is 0 Å². The van der Waals surface area contributed by atoms with Crippen LogP contribution in [0.15, 0.2) is 48.6 Å². The van der Waals surface area contributed by atoms with E-state index in [1.165, 1.54) is 44.9 Å². The highest BCUT2D eigenvalue weighted by Gasteiger charge is 2.23. The van der Waals surface area contributed by atoms with Crippen LogP contribution in [0.25, 0.3) is 0 Å².